The van der Waals surface area contributed by atoms with Crippen LogP contribution >= 0.6 is 0 Å². The van der Waals surface area contributed by atoms with Crippen molar-refractivity contribution in [3.63, 3.8) is 0 Å². The quantitative estimate of drug-likeness (QED) is 0.677. The van der Waals surface area contributed by atoms with E-state index in [0.717, 1.165) is 38.3 Å². The topological polar surface area (TPSA) is 77.8 Å². The van der Waals surface area contributed by atoms with Gasteiger partial charge in [-0.15, -0.1) is 0 Å². The molecule has 8 heteroatoms. The maximum atomic E-state index is 13.0. The molecule has 2 heterocycles. The van der Waals surface area contributed by atoms with Gasteiger partial charge in [-0.1, -0.05) is 12.1 Å². The molecule has 0 spiro atoms. The second kappa shape index (κ2) is 10.6. The van der Waals surface area contributed by atoms with Crippen LogP contribution in [0.4, 0.5) is 4.39 Å². The third kappa shape index (κ3) is 6.26. The summed E-state index contributed by atoms with van der Waals surface area (Å²) in [6, 6.07) is 15.3. The lowest BCUT2D eigenvalue weighted by Crippen LogP contribution is -2.60. The minimum absolute atomic E-state index is 0.0149. The molecule has 4 rings (SSSR count). The van der Waals surface area contributed by atoms with Gasteiger partial charge in [-0.3, -0.25) is 14.6 Å². The first-order chi connectivity index (χ1) is 15.6. The van der Waals surface area contributed by atoms with E-state index in [-0.39, 0.29) is 23.9 Å². The maximum absolute atomic E-state index is 13.0. The third-order valence-electron chi connectivity index (χ3n) is 5.66. The van der Waals surface area contributed by atoms with Crippen molar-refractivity contribution in [2.24, 2.45) is 0 Å². The van der Waals surface area contributed by atoms with Crippen LogP contribution in [0.3, 0.4) is 0 Å². The van der Waals surface area contributed by atoms with E-state index in [1.54, 1.807) is 24.3 Å². The van der Waals surface area contributed by atoms with Gasteiger partial charge in [0.25, 0.3) is 0 Å². The number of benzene rings is 2. The van der Waals surface area contributed by atoms with Gasteiger partial charge in [0.2, 0.25) is 5.91 Å². The zero-order valence-corrected chi connectivity index (χ0v) is 17.9. The summed E-state index contributed by atoms with van der Waals surface area (Å²) in [6.45, 7) is 5.14. The highest BCUT2D eigenvalue weighted by Crippen LogP contribution is 2.19. The molecule has 0 aromatic heterocycles. The average molecular weight is 439 g/mol. The second-order valence-electron chi connectivity index (χ2n) is 8.22. The molecule has 2 aromatic carbocycles. The number of carbonyl (C=O) groups excluding carboxylic acids is 1. The Balaban J connectivity index is 1.17. The third-order valence-corrected chi connectivity index (χ3v) is 5.66. The number of nitrogens with one attached hydrogen (secondary N) is 1. The van der Waals surface area contributed by atoms with Crippen LogP contribution in [0, 0.1) is 17.1 Å². The van der Waals surface area contributed by atoms with Crippen LogP contribution in [0.5, 0.6) is 5.75 Å². The average Bonchev–Trinajstić information content (AvgIpc) is 2.79. The molecule has 32 heavy (non-hydrogen) atoms. The van der Waals surface area contributed by atoms with E-state index in [1.165, 1.54) is 12.1 Å². The van der Waals surface area contributed by atoms with E-state index in [1.807, 2.05) is 12.1 Å². The Morgan fingerprint density at radius 3 is 2.38 bits per heavy atom. The van der Waals surface area contributed by atoms with Crippen LogP contribution in [-0.4, -0.2) is 73.8 Å². The maximum Gasteiger partial charge on any atom is 0.234 e. The Labute approximate surface area is 187 Å². The zero-order chi connectivity index (χ0) is 22.3. The lowest BCUT2D eigenvalue weighted by Gasteiger charge is -2.45. The fraction of sp³-hybridized carbons (Fsp3) is 0.417. The summed E-state index contributed by atoms with van der Waals surface area (Å²) in [5, 5.41) is 11.8. The van der Waals surface area contributed by atoms with E-state index in [2.05, 4.69) is 21.2 Å². The predicted molar refractivity (Wildman–Crippen MR) is 116 cm³/mol. The van der Waals surface area contributed by atoms with Gasteiger partial charge in [0, 0.05) is 39.3 Å². The number of hydrogen-bond donors (Lipinski definition) is 1. The van der Waals surface area contributed by atoms with Crippen LogP contribution in [0.2, 0.25) is 0 Å². The Bertz CT molecular complexity index is 931. The molecule has 0 radical (unpaired) electrons. The molecule has 1 amide bonds. The Kier molecular flexibility index (Phi) is 7.32. The number of nitriles is 1. The highest BCUT2D eigenvalue weighted by atomic mass is 19.1. The van der Waals surface area contributed by atoms with Gasteiger partial charge >= 0.3 is 0 Å². The van der Waals surface area contributed by atoms with Crippen molar-refractivity contribution in [2.75, 3.05) is 45.9 Å². The molecule has 2 aliphatic heterocycles. The number of carbonyl (C=O) groups is 1. The van der Waals surface area contributed by atoms with E-state index < -0.39 is 0 Å². The van der Waals surface area contributed by atoms with Gasteiger partial charge < -0.3 is 14.8 Å². The molecular formula is C24H27FN4O3. The standard InChI is InChI=1S/C24H27FN4O3/c25-20-5-7-21(8-6-20)31-10-9-28-13-22-15-29(16-23(14-28)32-22)17-24(30)27-12-19-3-1-18(11-26)2-4-19/h1-8,22-23H,9-10,12-17H2,(H,27,30). The fourth-order valence-corrected chi connectivity index (χ4v) is 4.15. The van der Waals surface area contributed by atoms with E-state index in [0.29, 0.717) is 31.0 Å². The summed E-state index contributed by atoms with van der Waals surface area (Å²) in [6.07, 6.45) is 0.138. The van der Waals surface area contributed by atoms with Crippen LogP contribution in [-0.2, 0) is 16.1 Å². The summed E-state index contributed by atoms with van der Waals surface area (Å²) >= 11 is 0. The lowest BCUT2D eigenvalue weighted by molar-refractivity contribution is -0.145. The van der Waals surface area contributed by atoms with Gasteiger partial charge in [0.15, 0.2) is 0 Å². The van der Waals surface area contributed by atoms with Crippen LogP contribution in [0.1, 0.15) is 11.1 Å². The summed E-state index contributed by atoms with van der Waals surface area (Å²) in [5.74, 6) is 0.378. The Morgan fingerprint density at radius 1 is 1.06 bits per heavy atom. The number of halogens is 1. The zero-order valence-electron chi connectivity index (χ0n) is 17.9. The van der Waals surface area contributed by atoms with Gasteiger partial charge in [-0.25, -0.2) is 4.39 Å². The molecule has 2 aliphatic rings. The molecule has 2 aromatic rings. The number of amides is 1. The smallest absolute Gasteiger partial charge is 0.234 e. The SMILES string of the molecule is N#Cc1ccc(CNC(=O)CN2CC3CN(CCOc4ccc(F)cc4)CC(C2)O3)cc1. The van der Waals surface area contributed by atoms with Crippen LogP contribution in [0.15, 0.2) is 48.5 Å². The first-order valence-electron chi connectivity index (χ1n) is 10.8. The largest absolute Gasteiger partial charge is 0.492 e. The first kappa shape index (κ1) is 22.2. The lowest BCUT2D eigenvalue weighted by atomic mass is 10.1. The van der Waals surface area contributed by atoms with Crippen molar-refractivity contribution in [2.45, 2.75) is 18.8 Å². The molecule has 168 valence electrons. The monoisotopic (exact) mass is 438 g/mol. The summed E-state index contributed by atoms with van der Waals surface area (Å²) < 4.78 is 24.7. The van der Waals surface area contributed by atoms with Crippen molar-refractivity contribution < 1.29 is 18.7 Å². The molecular weight excluding hydrogens is 411 g/mol. The van der Waals surface area contributed by atoms with Gasteiger partial charge in [0.1, 0.15) is 18.2 Å². The molecule has 0 aliphatic carbocycles. The van der Waals surface area contributed by atoms with Crippen molar-refractivity contribution >= 4 is 5.91 Å². The molecule has 2 saturated heterocycles. The van der Waals surface area contributed by atoms with Crippen molar-refractivity contribution in [1.82, 2.24) is 15.1 Å². The van der Waals surface area contributed by atoms with E-state index >= 15 is 0 Å². The molecule has 2 fully saturated rings. The number of rotatable bonds is 8. The molecule has 0 saturated carbocycles. The van der Waals surface area contributed by atoms with Gasteiger partial charge in [-0.05, 0) is 42.0 Å². The molecule has 1 N–H and O–H groups in total. The number of morpholine rings is 2. The Morgan fingerprint density at radius 2 is 1.72 bits per heavy atom. The summed E-state index contributed by atoms with van der Waals surface area (Å²) in [4.78, 5) is 16.9. The Hall–Kier alpha value is -2.99. The van der Waals surface area contributed by atoms with Gasteiger partial charge in [-0.2, -0.15) is 5.26 Å². The molecule has 2 atom stereocenters. The summed E-state index contributed by atoms with van der Waals surface area (Å²) in [5.41, 5.74) is 1.57. The van der Waals surface area contributed by atoms with Crippen LogP contribution in [0.25, 0.3) is 0 Å². The van der Waals surface area contributed by atoms with Crippen molar-refractivity contribution in [1.29, 1.82) is 5.26 Å². The number of nitrogens with zero attached hydrogens (tertiary/aromatic N) is 3. The molecule has 2 bridgehead atoms. The number of fused-ring (bicyclic) bond motifs is 2. The second-order valence-corrected chi connectivity index (χ2v) is 8.22. The van der Waals surface area contributed by atoms with Crippen molar-refractivity contribution in [3.05, 3.63) is 65.5 Å². The predicted octanol–water partition coefficient (Wildman–Crippen LogP) is 1.78. The highest BCUT2D eigenvalue weighted by molar-refractivity contribution is 5.78. The fourth-order valence-electron chi connectivity index (χ4n) is 4.15. The van der Waals surface area contributed by atoms with Crippen LogP contribution < -0.4 is 10.1 Å². The number of ether oxygens (including phenoxy) is 2. The minimum Gasteiger partial charge on any atom is -0.492 e. The highest BCUT2D eigenvalue weighted by Gasteiger charge is 2.35. The molecule has 2 unspecified atom stereocenters. The van der Waals surface area contributed by atoms with Crippen molar-refractivity contribution in [3.8, 4) is 11.8 Å². The molecule has 7 nitrogen and oxygen atoms in total. The van der Waals surface area contributed by atoms with E-state index in [4.69, 9.17) is 14.7 Å². The van der Waals surface area contributed by atoms with Gasteiger partial charge in [0.05, 0.1) is 30.4 Å². The normalized spacial score (nSPS) is 21.0. The summed E-state index contributed by atoms with van der Waals surface area (Å²) in [7, 11) is 0. The first-order valence-corrected chi connectivity index (χ1v) is 10.8. The van der Waals surface area contributed by atoms with E-state index in [9.17, 15) is 9.18 Å². The number of hydrogen-bond acceptors (Lipinski definition) is 6. The minimum atomic E-state index is -0.272.